The van der Waals surface area contributed by atoms with Gasteiger partial charge in [0.05, 0.1) is 0 Å². The Morgan fingerprint density at radius 1 is 1.33 bits per heavy atom. The first-order valence-corrected chi connectivity index (χ1v) is 3.28. The molecular weight excluding hydrogens is 110 g/mol. The van der Waals surface area contributed by atoms with E-state index < -0.39 is 0 Å². The zero-order chi connectivity index (χ0) is 6.10. The van der Waals surface area contributed by atoms with Gasteiger partial charge in [0.1, 0.15) is 0 Å². The highest BCUT2D eigenvalue weighted by Gasteiger charge is 2.00. The van der Waals surface area contributed by atoms with Crippen molar-refractivity contribution in [3.8, 4) is 0 Å². The third kappa shape index (κ3) is 0.784. The van der Waals surface area contributed by atoms with Crippen molar-refractivity contribution in [2.75, 3.05) is 11.9 Å². The minimum atomic E-state index is 1.10. The van der Waals surface area contributed by atoms with Crippen LogP contribution in [0.1, 0.15) is 5.56 Å². The van der Waals surface area contributed by atoms with Crippen molar-refractivity contribution in [3.05, 3.63) is 29.8 Å². The largest absolute Gasteiger partial charge is 0.385 e. The number of hydrogen-bond acceptors (Lipinski definition) is 1. The van der Waals surface area contributed by atoms with Crippen molar-refractivity contribution in [2.24, 2.45) is 0 Å². The molecule has 0 unspecified atom stereocenters. The van der Waals surface area contributed by atoms with Gasteiger partial charge in [0.2, 0.25) is 0 Å². The first kappa shape index (κ1) is 4.86. The molecule has 0 spiro atoms. The van der Waals surface area contributed by atoms with E-state index in [-0.39, 0.29) is 0 Å². The molecule has 1 nitrogen and oxygen atoms in total. The lowest BCUT2D eigenvalue weighted by atomic mass is 10.1. The van der Waals surface area contributed by atoms with Gasteiger partial charge < -0.3 is 5.32 Å². The summed E-state index contributed by atoms with van der Waals surface area (Å²) in [7, 11) is 0. The molecule has 1 aliphatic heterocycles. The van der Waals surface area contributed by atoms with Gasteiger partial charge in [0.25, 0.3) is 0 Å². The van der Waals surface area contributed by atoms with Gasteiger partial charge in [-0.15, -0.1) is 0 Å². The van der Waals surface area contributed by atoms with Crippen LogP contribution >= 0.6 is 0 Å². The lowest BCUT2D eigenvalue weighted by Gasteiger charge is -2.13. The molecule has 1 N–H and O–H groups in total. The van der Waals surface area contributed by atoms with Crippen LogP contribution in [-0.4, -0.2) is 6.54 Å². The topological polar surface area (TPSA) is 12.0 Å². The maximum absolute atomic E-state index is 3.28. The minimum absolute atomic E-state index is 1.10. The fraction of sp³-hybridized carbons (Fsp3) is 0.250. The Bertz CT molecular complexity index is 198. The van der Waals surface area contributed by atoms with Gasteiger partial charge >= 0.3 is 0 Å². The smallest absolute Gasteiger partial charge is 0.0343 e. The molecule has 0 amide bonds. The van der Waals surface area contributed by atoms with Crippen LogP contribution in [0.3, 0.4) is 0 Å². The fourth-order valence-corrected chi connectivity index (χ4v) is 1.19. The molecule has 0 aromatic heterocycles. The third-order valence-corrected chi connectivity index (χ3v) is 1.67. The molecule has 1 aromatic rings. The third-order valence-electron chi connectivity index (χ3n) is 1.67. The molecule has 0 aliphatic carbocycles. The Kier molecular flexibility index (Phi) is 0.950. The molecule has 0 fully saturated rings. The highest BCUT2D eigenvalue weighted by atomic mass is 14.9. The average molecular weight is 119 g/mol. The van der Waals surface area contributed by atoms with Gasteiger partial charge in [0.15, 0.2) is 0 Å². The molecule has 1 heterocycles. The first-order chi connectivity index (χ1) is 4.45. The molecule has 2 rings (SSSR count). The van der Waals surface area contributed by atoms with E-state index in [0.717, 1.165) is 6.54 Å². The van der Waals surface area contributed by atoms with Crippen molar-refractivity contribution in [1.82, 2.24) is 0 Å². The van der Waals surface area contributed by atoms with E-state index in [9.17, 15) is 0 Å². The normalized spacial score (nSPS) is 14.7. The molecule has 1 aliphatic rings. The van der Waals surface area contributed by atoms with Crippen molar-refractivity contribution in [2.45, 2.75) is 6.42 Å². The Morgan fingerprint density at radius 3 is 3.11 bits per heavy atom. The van der Waals surface area contributed by atoms with E-state index >= 15 is 0 Å². The predicted octanol–water partition coefficient (Wildman–Crippen LogP) is 1.65. The van der Waals surface area contributed by atoms with Gasteiger partial charge in [-0.1, -0.05) is 12.1 Å². The summed E-state index contributed by atoms with van der Waals surface area (Å²) in [4.78, 5) is 0. The summed E-state index contributed by atoms with van der Waals surface area (Å²) in [5, 5.41) is 3.28. The van der Waals surface area contributed by atoms with Crippen LogP contribution < -0.4 is 5.32 Å². The second kappa shape index (κ2) is 1.76. The zero-order valence-corrected chi connectivity index (χ0v) is 5.22. The van der Waals surface area contributed by atoms with E-state index in [1.807, 2.05) is 0 Å². The standard InChI is InChI=1S/C8H9N/c1-2-7-4-5-9-8(3-1)6-7/h1-3,6,9H,4-5H2. The van der Waals surface area contributed by atoms with Crippen LogP contribution in [0.5, 0.6) is 0 Å². The number of hydrogen-bond donors (Lipinski definition) is 1. The number of anilines is 1. The molecule has 0 radical (unpaired) electrons. The highest BCUT2D eigenvalue weighted by molar-refractivity contribution is 5.48. The van der Waals surface area contributed by atoms with Gasteiger partial charge in [-0.05, 0) is 24.1 Å². The molecule has 0 saturated heterocycles. The number of rotatable bonds is 0. The summed E-state index contributed by atoms with van der Waals surface area (Å²) in [6.45, 7) is 1.10. The Morgan fingerprint density at radius 2 is 2.33 bits per heavy atom. The van der Waals surface area contributed by atoms with Crippen molar-refractivity contribution < 1.29 is 0 Å². The van der Waals surface area contributed by atoms with Crippen molar-refractivity contribution in [1.29, 1.82) is 0 Å². The molecule has 1 aromatic carbocycles. The van der Waals surface area contributed by atoms with Crippen LogP contribution in [0, 0.1) is 0 Å². The summed E-state index contributed by atoms with van der Waals surface area (Å²) in [5.74, 6) is 0. The number of nitrogens with one attached hydrogen (secondary N) is 1. The molecule has 0 atom stereocenters. The van der Waals surface area contributed by atoms with E-state index in [0.29, 0.717) is 0 Å². The van der Waals surface area contributed by atoms with Gasteiger partial charge in [0, 0.05) is 12.2 Å². The summed E-state index contributed by atoms with van der Waals surface area (Å²) in [6, 6.07) is 8.56. The van der Waals surface area contributed by atoms with Crippen LogP contribution in [-0.2, 0) is 6.42 Å². The molecule has 46 valence electrons. The van der Waals surface area contributed by atoms with Crippen molar-refractivity contribution in [3.63, 3.8) is 0 Å². The van der Waals surface area contributed by atoms with E-state index in [4.69, 9.17) is 0 Å². The van der Waals surface area contributed by atoms with Crippen LogP contribution in [0.2, 0.25) is 0 Å². The summed E-state index contributed by atoms with van der Waals surface area (Å²) >= 11 is 0. The first-order valence-electron chi connectivity index (χ1n) is 3.28. The molecular formula is C8H9N. The summed E-state index contributed by atoms with van der Waals surface area (Å²) in [6.07, 6.45) is 1.17. The lowest BCUT2D eigenvalue weighted by molar-refractivity contribution is 0.991. The maximum atomic E-state index is 3.28. The quantitative estimate of drug-likeness (QED) is 0.547. The van der Waals surface area contributed by atoms with Gasteiger partial charge in [-0.25, -0.2) is 0 Å². The maximum Gasteiger partial charge on any atom is 0.0343 e. The Hall–Kier alpha value is -0.980. The van der Waals surface area contributed by atoms with Gasteiger partial charge in [-0.2, -0.15) is 0 Å². The monoisotopic (exact) mass is 119 g/mol. The molecule has 0 saturated carbocycles. The Balaban J connectivity index is 2.53. The van der Waals surface area contributed by atoms with E-state index in [1.165, 1.54) is 17.7 Å². The predicted molar refractivity (Wildman–Crippen MR) is 38.6 cm³/mol. The molecule has 2 bridgehead atoms. The van der Waals surface area contributed by atoms with E-state index in [2.05, 4.69) is 29.6 Å². The minimum Gasteiger partial charge on any atom is -0.385 e. The van der Waals surface area contributed by atoms with Crippen LogP contribution in [0.4, 0.5) is 5.69 Å². The fourth-order valence-electron chi connectivity index (χ4n) is 1.19. The molecule has 1 heteroatoms. The highest BCUT2D eigenvalue weighted by Crippen LogP contribution is 2.14. The second-order valence-corrected chi connectivity index (χ2v) is 2.38. The zero-order valence-electron chi connectivity index (χ0n) is 5.22. The summed E-state index contributed by atoms with van der Waals surface area (Å²) < 4.78 is 0. The van der Waals surface area contributed by atoms with Crippen LogP contribution in [0.15, 0.2) is 24.3 Å². The van der Waals surface area contributed by atoms with Crippen molar-refractivity contribution >= 4 is 5.69 Å². The lowest BCUT2D eigenvalue weighted by Crippen LogP contribution is -2.09. The number of benzene rings is 1. The Labute approximate surface area is 54.7 Å². The van der Waals surface area contributed by atoms with E-state index in [1.54, 1.807) is 0 Å². The van der Waals surface area contributed by atoms with Crippen LogP contribution in [0.25, 0.3) is 0 Å². The van der Waals surface area contributed by atoms with Gasteiger partial charge in [-0.3, -0.25) is 0 Å². The number of fused-ring (bicyclic) bond motifs is 2. The molecule has 9 heavy (non-hydrogen) atoms. The average Bonchev–Trinajstić information content (AvgIpc) is 1.88. The summed E-state index contributed by atoms with van der Waals surface area (Å²) in [5.41, 5.74) is 2.71. The second-order valence-electron chi connectivity index (χ2n) is 2.38. The SMILES string of the molecule is c1cc2cc(c1)NCC2.